The van der Waals surface area contributed by atoms with E-state index in [1.807, 2.05) is 25.1 Å². The molecular formula is C17H29ClN2O. The summed E-state index contributed by atoms with van der Waals surface area (Å²) in [6, 6.07) is 8.35. The van der Waals surface area contributed by atoms with Gasteiger partial charge in [-0.05, 0) is 58.0 Å². The van der Waals surface area contributed by atoms with Crippen LogP contribution in [0.15, 0.2) is 24.3 Å². The number of nitrogens with zero attached hydrogens (tertiary/aromatic N) is 1. The molecule has 0 aliphatic heterocycles. The van der Waals surface area contributed by atoms with Gasteiger partial charge in [-0.3, -0.25) is 0 Å². The lowest BCUT2D eigenvalue weighted by atomic mass is 10.0. The number of rotatable bonds is 10. The fourth-order valence-electron chi connectivity index (χ4n) is 2.31. The maximum atomic E-state index is 9.35. The van der Waals surface area contributed by atoms with Gasteiger partial charge in [-0.25, -0.2) is 0 Å². The molecule has 0 amide bonds. The molecule has 0 radical (unpaired) electrons. The normalized spacial score (nSPS) is 14.4. The molecule has 120 valence electrons. The second-order valence-corrected chi connectivity index (χ2v) is 6.17. The topological polar surface area (TPSA) is 35.5 Å². The number of nitrogens with one attached hydrogen (secondary N) is 1. The SMILES string of the molecule is CCCNC(CCN(C)CCC(C)O)c1ccccc1Cl. The van der Waals surface area contributed by atoms with Crippen LogP contribution in [0.4, 0.5) is 0 Å². The van der Waals surface area contributed by atoms with Gasteiger partial charge in [0.2, 0.25) is 0 Å². The summed E-state index contributed by atoms with van der Waals surface area (Å²) in [5.74, 6) is 0. The summed E-state index contributed by atoms with van der Waals surface area (Å²) < 4.78 is 0. The Labute approximate surface area is 134 Å². The van der Waals surface area contributed by atoms with Crippen LogP contribution in [0.25, 0.3) is 0 Å². The van der Waals surface area contributed by atoms with E-state index in [4.69, 9.17) is 11.6 Å². The third kappa shape index (κ3) is 7.28. The molecule has 0 fully saturated rings. The summed E-state index contributed by atoms with van der Waals surface area (Å²) in [5, 5.41) is 13.8. The Morgan fingerprint density at radius 3 is 2.52 bits per heavy atom. The minimum Gasteiger partial charge on any atom is -0.393 e. The van der Waals surface area contributed by atoms with Crippen molar-refractivity contribution < 1.29 is 5.11 Å². The lowest BCUT2D eigenvalue weighted by Crippen LogP contribution is -2.29. The predicted molar refractivity (Wildman–Crippen MR) is 90.9 cm³/mol. The third-order valence-electron chi connectivity index (χ3n) is 3.65. The molecule has 2 N–H and O–H groups in total. The molecule has 0 spiro atoms. The zero-order valence-electron chi connectivity index (χ0n) is 13.5. The Hall–Kier alpha value is -0.610. The molecule has 0 heterocycles. The third-order valence-corrected chi connectivity index (χ3v) is 3.99. The van der Waals surface area contributed by atoms with Crippen LogP contribution >= 0.6 is 11.6 Å². The number of hydrogen-bond donors (Lipinski definition) is 2. The molecule has 21 heavy (non-hydrogen) atoms. The Bertz CT molecular complexity index is 398. The summed E-state index contributed by atoms with van der Waals surface area (Å²) in [7, 11) is 2.10. The van der Waals surface area contributed by atoms with E-state index in [2.05, 4.69) is 30.3 Å². The Morgan fingerprint density at radius 1 is 1.24 bits per heavy atom. The van der Waals surface area contributed by atoms with E-state index >= 15 is 0 Å². The van der Waals surface area contributed by atoms with Crippen molar-refractivity contribution in [2.45, 2.75) is 45.3 Å². The van der Waals surface area contributed by atoms with Gasteiger partial charge in [-0.2, -0.15) is 0 Å². The van der Waals surface area contributed by atoms with Crippen molar-refractivity contribution in [2.75, 3.05) is 26.7 Å². The first-order valence-corrected chi connectivity index (χ1v) is 8.26. The van der Waals surface area contributed by atoms with Crippen LogP contribution in [0.1, 0.15) is 44.7 Å². The molecule has 4 heteroatoms. The number of halogens is 1. The zero-order chi connectivity index (χ0) is 15.7. The highest BCUT2D eigenvalue weighted by Crippen LogP contribution is 2.25. The molecule has 2 unspecified atom stereocenters. The smallest absolute Gasteiger partial charge is 0.0524 e. The van der Waals surface area contributed by atoms with E-state index in [0.717, 1.165) is 43.9 Å². The summed E-state index contributed by atoms with van der Waals surface area (Å²) >= 11 is 6.33. The van der Waals surface area contributed by atoms with E-state index in [-0.39, 0.29) is 12.1 Å². The van der Waals surface area contributed by atoms with Crippen LogP contribution in [0.3, 0.4) is 0 Å². The quantitative estimate of drug-likeness (QED) is 0.694. The second-order valence-electron chi connectivity index (χ2n) is 5.76. The highest BCUT2D eigenvalue weighted by molar-refractivity contribution is 6.31. The summed E-state index contributed by atoms with van der Waals surface area (Å²) in [6.07, 6.45) is 2.71. The molecule has 0 aliphatic carbocycles. The lowest BCUT2D eigenvalue weighted by Gasteiger charge is -2.24. The number of benzene rings is 1. The van der Waals surface area contributed by atoms with Gasteiger partial charge < -0.3 is 15.3 Å². The summed E-state index contributed by atoms with van der Waals surface area (Å²) in [5.41, 5.74) is 1.18. The van der Waals surface area contributed by atoms with Gasteiger partial charge in [0.1, 0.15) is 0 Å². The molecule has 1 aromatic rings. The standard InChI is InChI=1S/C17H29ClN2O/c1-4-11-19-17(15-7-5-6-8-16(15)18)10-13-20(3)12-9-14(2)21/h5-8,14,17,19,21H,4,9-13H2,1-3H3. The molecule has 0 aromatic heterocycles. The summed E-state index contributed by atoms with van der Waals surface area (Å²) in [6.45, 7) is 6.90. The fraction of sp³-hybridized carbons (Fsp3) is 0.647. The molecule has 0 aliphatic rings. The van der Waals surface area contributed by atoms with Crippen molar-refractivity contribution >= 4 is 11.6 Å². The molecule has 0 saturated heterocycles. The second kappa shape index (κ2) is 10.2. The van der Waals surface area contributed by atoms with Crippen LogP contribution < -0.4 is 5.32 Å². The van der Waals surface area contributed by atoms with Gasteiger partial charge in [0.15, 0.2) is 0 Å². The fourth-order valence-corrected chi connectivity index (χ4v) is 2.58. The molecule has 2 atom stereocenters. The van der Waals surface area contributed by atoms with Crippen LogP contribution in [0.2, 0.25) is 5.02 Å². The Balaban J connectivity index is 2.56. The first kappa shape index (κ1) is 18.4. The first-order chi connectivity index (χ1) is 10.0. The maximum absolute atomic E-state index is 9.35. The van der Waals surface area contributed by atoms with E-state index in [1.54, 1.807) is 0 Å². The van der Waals surface area contributed by atoms with E-state index in [0.29, 0.717) is 0 Å². The highest BCUT2D eigenvalue weighted by Gasteiger charge is 2.14. The number of hydrogen-bond acceptors (Lipinski definition) is 3. The van der Waals surface area contributed by atoms with Crippen molar-refractivity contribution in [2.24, 2.45) is 0 Å². The Kier molecular flexibility index (Phi) is 8.93. The average Bonchev–Trinajstić information content (AvgIpc) is 2.46. The van der Waals surface area contributed by atoms with E-state index in [9.17, 15) is 5.11 Å². The monoisotopic (exact) mass is 312 g/mol. The van der Waals surface area contributed by atoms with Crippen LogP contribution in [-0.4, -0.2) is 42.8 Å². The maximum Gasteiger partial charge on any atom is 0.0524 e. The molecular weight excluding hydrogens is 284 g/mol. The minimum absolute atomic E-state index is 0.231. The Morgan fingerprint density at radius 2 is 1.90 bits per heavy atom. The van der Waals surface area contributed by atoms with Gasteiger partial charge in [-0.15, -0.1) is 0 Å². The van der Waals surface area contributed by atoms with Crippen LogP contribution in [0.5, 0.6) is 0 Å². The molecule has 3 nitrogen and oxygen atoms in total. The minimum atomic E-state index is -0.231. The van der Waals surface area contributed by atoms with Crippen LogP contribution in [-0.2, 0) is 0 Å². The van der Waals surface area contributed by atoms with E-state index < -0.39 is 0 Å². The first-order valence-electron chi connectivity index (χ1n) is 7.89. The van der Waals surface area contributed by atoms with Gasteiger partial charge in [0.05, 0.1) is 6.10 Å². The largest absolute Gasteiger partial charge is 0.393 e. The molecule has 1 aromatic carbocycles. The van der Waals surface area contributed by atoms with Gasteiger partial charge in [-0.1, -0.05) is 36.7 Å². The molecule has 0 saturated carbocycles. The van der Waals surface area contributed by atoms with E-state index in [1.165, 1.54) is 5.56 Å². The van der Waals surface area contributed by atoms with Crippen molar-refractivity contribution in [3.63, 3.8) is 0 Å². The predicted octanol–water partition coefficient (Wildman–Crippen LogP) is 3.47. The molecule has 1 rings (SSSR count). The van der Waals surface area contributed by atoms with Crippen molar-refractivity contribution in [3.8, 4) is 0 Å². The molecule has 0 bridgehead atoms. The van der Waals surface area contributed by atoms with Crippen molar-refractivity contribution in [1.82, 2.24) is 10.2 Å². The van der Waals surface area contributed by atoms with Gasteiger partial charge in [0.25, 0.3) is 0 Å². The van der Waals surface area contributed by atoms with Crippen LogP contribution in [0, 0.1) is 0 Å². The van der Waals surface area contributed by atoms with Crippen molar-refractivity contribution in [3.05, 3.63) is 34.9 Å². The van der Waals surface area contributed by atoms with Crippen molar-refractivity contribution in [1.29, 1.82) is 0 Å². The number of aliphatic hydroxyl groups is 1. The van der Waals surface area contributed by atoms with Gasteiger partial charge >= 0.3 is 0 Å². The average molecular weight is 313 g/mol. The zero-order valence-corrected chi connectivity index (χ0v) is 14.2. The highest BCUT2D eigenvalue weighted by atomic mass is 35.5. The van der Waals surface area contributed by atoms with Gasteiger partial charge in [0, 0.05) is 17.6 Å². The summed E-state index contributed by atoms with van der Waals surface area (Å²) in [4.78, 5) is 2.27. The lowest BCUT2D eigenvalue weighted by molar-refractivity contribution is 0.163. The number of aliphatic hydroxyl groups excluding tert-OH is 1.